The largest absolute Gasteiger partial charge is 0.394 e. The molecule has 0 radical (unpaired) electrons. The lowest BCUT2D eigenvalue weighted by Gasteiger charge is -2.22. The zero-order valence-corrected chi connectivity index (χ0v) is 9.70. The summed E-state index contributed by atoms with van der Waals surface area (Å²) in [5.41, 5.74) is 2.25. The number of nitrogens with one attached hydrogen (secondary N) is 1. The first kappa shape index (κ1) is 12.1. The van der Waals surface area contributed by atoms with Crippen LogP contribution < -0.4 is 5.32 Å². The number of hydrogen-bond acceptors (Lipinski definition) is 3. The molecule has 0 aliphatic carbocycles. The van der Waals surface area contributed by atoms with E-state index in [1.807, 2.05) is 19.2 Å². The van der Waals surface area contributed by atoms with Crippen molar-refractivity contribution in [3.8, 4) is 0 Å². The van der Waals surface area contributed by atoms with Gasteiger partial charge in [-0.15, -0.1) is 0 Å². The second-order valence-electron chi connectivity index (χ2n) is 3.94. The summed E-state index contributed by atoms with van der Waals surface area (Å²) in [5, 5.41) is 12.7. The summed E-state index contributed by atoms with van der Waals surface area (Å²) in [5.74, 6) is 0. The van der Waals surface area contributed by atoms with Crippen molar-refractivity contribution in [3.05, 3.63) is 29.6 Å². The van der Waals surface area contributed by atoms with Crippen molar-refractivity contribution in [2.24, 2.45) is 0 Å². The molecular weight excluding hydrogens is 188 g/mol. The zero-order chi connectivity index (χ0) is 11.3. The van der Waals surface area contributed by atoms with Crippen LogP contribution in [0.3, 0.4) is 0 Å². The van der Waals surface area contributed by atoms with Crippen molar-refractivity contribution in [2.45, 2.75) is 39.3 Å². The lowest BCUT2D eigenvalue weighted by Crippen LogP contribution is -2.32. The van der Waals surface area contributed by atoms with Gasteiger partial charge >= 0.3 is 0 Å². The van der Waals surface area contributed by atoms with Crippen LogP contribution in [0, 0.1) is 6.92 Å². The molecule has 1 aromatic rings. The van der Waals surface area contributed by atoms with E-state index < -0.39 is 0 Å². The molecule has 3 heteroatoms. The van der Waals surface area contributed by atoms with Gasteiger partial charge in [-0.1, -0.05) is 6.92 Å². The first-order chi connectivity index (χ1) is 7.19. The standard InChI is InChI=1S/C12H20N2O/c1-4-10(3)14-12(8-15)11-7-13-6-5-9(11)2/h5-7,10,12,14-15H,4,8H2,1-3H3. The quantitative estimate of drug-likeness (QED) is 0.775. The average Bonchev–Trinajstić information content (AvgIpc) is 2.26. The van der Waals surface area contributed by atoms with Crippen molar-refractivity contribution in [1.29, 1.82) is 0 Å². The van der Waals surface area contributed by atoms with Gasteiger partial charge in [-0.25, -0.2) is 0 Å². The van der Waals surface area contributed by atoms with Crippen molar-refractivity contribution >= 4 is 0 Å². The Kier molecular flexibility index (Phi) is 4.72. The Morgan fingerprint density at radius 1 is 1.53 bits per heavy atom. The maximum absolute atomic E-state index is 9.36. The van der Waals surface area contributed by atoms with Crippen molar-refractivity contribution in [3.63, 3.8) is 0 Å². The molecule has 0 spiro atoms. The Hall–Kier alpha value is -0.930. The van der Waals surface area contributed by atoms with E-state index >= 15 is 0 Å². The molecule has 2 N–H and O–H groups in total. The van der Waals surface area contributed by atoms with Gasteiger partial charge in [0.25, 0.3) is 0 Å². The van der Waals surface area contributed by atoms with Gasteiger partial charge in [-0.3, -0.25) is 4.98 Å². The summed E-state index contributed by atoms with van der Waals surface area (Å²) in [4.78, 5) is 4.10. The molecule has 2 atom stereocenters. The predicted octanol–water partition coefficient (Wildman–Crippen LogP) is 1.81. The highest BCUT2D eigenvalue weighted by atomic mass is 16.3. The molecule has 0 aliphatic heterocycles. The minimum atomic E-state index is -0.00588. The molecule has 1 rings (SSSR count). The van der Waals surface area contributed by atoms with Gasteiger partial charge in [-0.05, 0) is 37.5 Å². The lowest BCUT2D eigenvalue weighted by atomic mass is 10.0. The molecule has 2 unspecified atom stereocenters. The highest BCUT2D eigenvalue weighted by Crippen LogP contribution is 2.16. The van der Waals surface area contributed by atoms with Crippen LogP contribution in [0.25, 0.3) is 0 Å². The van der Waals surface area contributed by atoms with Crippen LogP contribution in [0.4, 0.5) is 0 Å². The number of nitrogens with zero attached hydrogens (tertiary/aromatic N) is 1. The van der Waals surface area contributed by atoms with Gasteiger partial charge in [0.2, 0.25) is 0 Å². The second kappa shape index (κ2) is 5.83. The number of aliphatic hydroxyl groups excluding tert-OH is 1. The third kappa shape index (κ3) is 3.29. The molecule has 1 aromatic heterocycles. The molecule has 0 aliphatic rings. The van der Waals surface area contributed by atoms with Crippen LogP contribution >= 0.6 is 0 Å². The summed E-state index contributed by atoms with van der Waals surface area (Å²) < 4.78 is 0. The summed E-state index contributed by atoms with van der Waals surface area (Å²) in [7, 11) is 0. The molecule has 0 saturated carbocycles. The molecule has 84 valence electrons. The lowest BCUT2D eigenvalue weighted by molar-refractivity contribution is 0.233. The first-order valence-corrected chi connectivity index (χ1v) is 5.46. The van der Waals surface area contributed by atoms with Crippen LogP contribution in [0.5, 0.6) is 0 Å². The fourth-order valence-electron chi connectivity index (χ4n) is 1.54. The molecule has 0 bridgehead atoms. The second-order valence-corrected chi connectivity index (χ2v) is 3.94. The molecule has 0 aromatic carbocycles. The van der Waals surface area contributed by atoms with E-state index in [9.17, 15) is 5.11 Å². The highest BCUT2D eigenvalue weighted by molar-refractivity contribution is 5.25. The van der Waals surface area contributed by atoms with Crippen LogP contribution in [-0.4, -0.2) is 22.7 Å². The normalized spacial score (nSPS) is 14.9. The van der Waals surface area contributed by atoms with Crippen LogP contribution in [0.2, 0.25) is 0 Å². The molecule has 0 fully saturated rings. The predicted molar refractivity (Wildman–Crippen MR) is 61.7 cm³/mol. The van der Waals surface area contributed by atoms with Crippen molar-refractivity contribution < 1.29 is 5.11 Å². The number of aryl methyl sites for hydroxylation is 1. The third-order valence-electron chi connectivity index (χ3n) is 2.74. The molecule has 0 amide bonds. The Labute approximate surface area is 91.5 Å². The number of rotatable bonds is 5. The number of aromatic nitrogens is 1. The first-order valence-electron chi connectivity index (χ1n) is 5.46. The van der Waals surface area contributed by atoms with Gasteiger partial charge < -0.3 is 10.4 Å². The van der Waals surface area contributed by atoms with Gasteiger partial charge in [0.15, 0.2) is 0 Å². The number of aliphatic hydroxyl groups is 1. The molecule has 0 saturated heterocycles. The molecule has 15 heavy (non-hydrogen) atoms. The van der Waals surface area contributed by atoms with Gasteiger partial charge in [-0.2, -0.15) is 0 Å². The maximum Gasteiger partial charge on any atom is 0.0627 e. The summed E-state index contributed by atoms with van der Waals surface area (Å²) >= 11 is 0. The average molecular weight is 208 g/mol. The Morgan fingerprint density at radius 2 is 2.27 bits per heavy atom. The molecule has 1 heterocycles. The minimum absolute atomic E-state index is 0.00588. The monoisotopic (exact) mass is 208 g/mol. The van der Waals surface area contributed by atoms with E-state index in [4.69, 9.17) is 0 Å². The van der Waals surface area contributed by atoms with Crippen LogP contribution in [0.1, 0.15) is 37.4 Å². The van der Waals surface area contributed by atoms with Gasteiger partial charge in [0.1, 0.15) is 0 Å². The SMILES string of the molecule is CCC(C)NC(CO)c1cnccc1C. The third-order valence-corrected chi connectivity index (χ3v) is 2.74. The molecular formula is C12H20N2O. The Morgan fingerprint density at radius 3 is 2.80 bits per heavy atom. The topological polar surface area (TPSA) is 45.1 Å². The van der Waals surface area contributed by atoms with E-state index in [2.05, 4.69) is 24.1 Å². The fourth-order valence-corrected chi connectivity index (χ4v) is 1.54. The summed E-state index contributed by atoms with van der Waals surface area (Å²) in [6.07, 6.45) is 4.65. The highest BCUT2D eigenvalue weighted by Gasteiger charge is 2.14. The summed E-state index contributed by atoms with van der Waals surface area (Å²) in [6.45, 7) is 6.39. The van der Waals surface area contributed by atoms with E-state index in [1.165, 1.54) is 5.56 Å². The van der Waals surface area contributed by atoms with Crippen molar-refractivity contribution in [2.75, 3.05) is 6.61 Å². The Bertz CT molecular complexity index is 301. The van der Waals surface area contributed by atoms with E-state index in [0.717, 1.165) is 12.0 Å². The number of pyridine rings is 1. The Balaban J connectivity index is 2.78. The van der Waals surface area contributed by atoms with E-state index in [0.29, 0.717) is 6.04 Å². The van der Waals surface area contributed by atoms with Crippen LogP contribution in [-0.2, 0) is 0 Å². The number of hydrogen-bond donors (Lipinski definition) is 2. The minimum Gasteiger partial charge on any atom is -0.394 e. The zero-order valence-electron chi connectivity index (χ0n) is 9.70. The fraction of sp³-hybridized carbons (Fsp3) is 0.583. The maximum atomic E-state index is 9.36. The van der Waals surface area contributed by atoms with Gasteiger partial charge in [0, 0.05) is 18.4 Å². The molecule has 3 nitrogen and oxygen atoms in total. The van der Waals surface area contributed by atoms with E-state index in [1.54, 1.807) is 6.20 Å². The van der Waals surface area contributed by atoms with Gasteiger partial charge in [0.05, 0.1) is 12.6 Å². The van der Waals surface area contributed by atoms with Crippen LogP contribution in [0.15, 0.2) is 18.5 Å². The van der Waals surface area contributed by atoms with E-state index in [-0.39, 0.29) is 12.6 Å². The van der Waals surface area contributed by atoms with Crippen molar-refractivity contribution in [1.82, 2.24) is 10.3 Å². The summed E-state index contributed by atoms with van der Waals surface area (Å²) in [6, 6.07) is 2.37. The smallest absolute Gasteiger partial charge is 0.0627 e.